The molecule has 0 saturated heterocycles. The smallest absolute Gasteiger partial charge is 0.207 e. The summed E-state index contributed by atoms with van der Waals surface area (Å²) in [6.07, 6.45) is -4.63. The van der Waals surface area contributed by atoms with Crippen LogP contribution in [0.2, 0.25) is 0 Å². The predicted molar refractivity (Wildman–Crippen MR) is 84.6 cm³/mol. The average Bonchev–Trinajstić information content (AvgIpc) is 2.45. The van der Waals surface area contributed by atoms with Gasteiger partial charge in [0.15, 0.2) is 0 Å². The lowest BCUT2D eigenvalue weighted by Gasteiger charge is -2.11. The quantitative estimate of drug-likeness (QED) is 0.557. The van der Waals surface area contributed by atoms with Crippen molar-refractivity contribution in [2.45, 2.75) is 17.6 Å². The largest absolute Gasteiger partial charge is 0.416 e. The van der Waals surface area contributed by atoms with Gasteiger partial charge in [-0.3, -0.25) is 0 Å². The molecule has 0 atom stereocenters. The van der Waals surface area contributed by atoms with Crippen molar-refractivity contribution in [3.63, 3.8) is 0 Å². The predicted octanol–water partition coefficient (Wildman–Crippen LogP) is 3.93. The van der Waals surface area contributed by atoms with Crippen LogP contribution in [0.25, 0.3) is 0 Å². The minimum absolute atomic E-state index is 0.0506. The maximum absolute atomic E-state index is 13.6. The molecule has 0 aliphatic carbocycles. The molecule has 0 aromatic heterocycles. The van der Waals surface area contributed by atoms with Gasteiger partial charge < -0.3 is 0 Å². The SMILES string of the molecule is O=S(=O)(NCc1cc(C(F)(F)F)ccc1F)c1ccc(I)cc1. The van der Waals surface area contributed by atoms with Crippen molar-refractivity contribution in [1.29, 1.82) is 0 Å². The molecule has 0 radical (unpaired) electrons. The van der Waals surface area contributed by atoms with Crippen molar-refractivity contribution >= 4 is 32.6 Å². The lowest BCUT2D eigenvalue weighted by Crippen LogP contribution is -2.24. The molecular weight excluding hydrogens is 449 g/mol. The van der Waals surface area contributed by atoms with Gasteiger partial charge in [-0.25, -0.2) is 17.5 Å². The number of sulfonamides is 1. The third-order valence-corrected chi connectivity index (χ3v) is 5.09. The fourth-order valence-corrected chi connectivity index (χ4v) is 3.12. The normalized spacial score (nSPS) is 12.4. The zero-order valence-electron chi connectivity index (χ0n) is 11.4. The Kier molecular flexibility index (Phi) is 5.31. The van der Waals surface area contributed by atoms with Crippen LogP contribution in [0.4, 0.5) is 17.6 Å². The molecule has 0 amide bonds. The van der Waals surface area contributed by atoms with Crippen molar-refractivity contribution in [1.82, 2.24) is 4.72 Å². The highest BCUT2D eigenvalue weighted by Crippen LogP contribution is 2.30. The lowest BCUT2D eigenvalue weighted by molar-refractivity contribution is -0.137. The third kappa shape index (κ3) is 4.64. The zero-order chi connectivity index (χ0) is 17.3. The number of alkyl halides is 3. The molecule has 0 bridgehead atoms. The van der Waals surface area contributed by atoms with Gasteiger partial charge >= 0.3 is 6.18 Å². The van der Waals surface area contributed by atoms with E-state index in [1.165, 1.54) is 12.1 Å². The summed E-state index contributed by atoms with van der Waals surface area (Å²) >= 11 is 2.00. The molecule has 3 nitrogen and oxygen atoms in total. The van der Waals surface area contributed by atoms with Gasteiger partial charge in [-0.1, -0.05) is 0 Å². The van der Waals surface area contributed by atoms with E-state index >= 15 is 0 Å². The van der Waals surface area contributed by atoms with E-state index in [1.807, 2.05) is 22.6 Å². The van der Waals surface area contributed by atoms with Crippen molar-refractivity contribution < 1.29 is 26.0 Å². The number of benzene rings is 2. The van der Waals surface area contributed by atoms with Crippen LogP contribution in [0.5, 0.6) is 0 Å². The molecule has 1 N–H and O–H groups in total. The second kappa shape index (κ2) is 6.73. The summed E-state index contributed by atoms with van der Waals surface area (Å²) in [5.41, 5.74) is -1.42. The van der Waals surface area contributed by atoms with Crippen molar-refractivity contribution in [3.8, 4) is 0 Å². The Morgan fingerprint density at radius 2 is 1.65 bits per heavy atom. The van der Waals surface area contributed by atoms with Crippen LogP contribution in [0, 0.1) is 9.39 Å². The van der Waals surface area contributed by atoms with Gasteiger partial charge in [-0.15, -0.1) is 0 Å². The van der Waals surface area contributed by atoms with Crippen LogP contribution in [0.15, 0.2) is 47.4 Å². The van der Waals surface area contributed by atoms with Gasteiger partial charge in [0.05, 0.1) is 10.5 Å². The molecule has 0 saturated carbocycles. The molecule has 23 heavy (non-hydrogen) atoms. The Morgan fingerprint density at radius 1 is 1.04 bits per heavy atom. The van der Waals surface area contributed by atoms with Crippen LogP contribution in [0.1, 0.15) is 11.1 Å². The monoisotopic (exact) mass is 459 g/mol. The van der Waals surface area contributed by atoms with E-state index in [2.05, 4.69) is 4.72 Å². The van der Waals surface area contributed by atoms with E-state index in [0.717, 1.165) is 3.57 Å². The van der Waals surface area contributed by atoms with Gasteiger partial charge in [-0.2, -0.15) is 13.2 Å². The maximum Gasteiger partial charge on any atom is 0.416 e. The first-order valence-corrected chi connectivity index (χ1v) is 8.76. The summed E-state index contributed by atoms with van der Waals surface area (Å²) in [6, 6.07) is 7.70. The minimum atomic E-state index is -4.63. The maximum atomic E-state index is 13.6. The molecule has 0 unspecified atom stereocenters. The summed E-state index contributed by atoms with van der Waals surface area (Å²) in [5.74, 6) is -0.914. The number of hydrogen-bond acceptors (Lipinski definition) is 2. The fourth-order valence-electron chi connectivity index (χ4n) is 1.76. The van der Waals surface area contributed by atoms with Crippen LogP contribution in [-0.2, 0) is 22.7 Å². The summed E-state index contributed by atoms with van der Waals surface area (Å²) in [7, 11) is -3.94. The Morgan fingerprint density at radius 3 is 2.22 bits per heavy atom. The van der Waals surface area contributed by atoms with E-state index in [0.29, 0.717) is 18.2 Å². The number of nitrogens with one attached hydrogen (secondary N) is 1. The minimum Gasteiger partial charge on any atom is -0.207 e. The van der Waals surface area contributed by atoms with Crippen molar-refractivity contribution in [2.75, 3.05) is 0 Å². The summed E-state index contributed by atoms with van der Waals surface area (Å²) < 4.78 is 78.5. The average molecular weight is 459 g/mol. The number of rotatable bonds is 4. The summed E-state index contributed by atoms with van der Waals surface area (Å²) in [4.78, 5) is -0.0506. The number of halogens is 5. The molecule has 0 fully saturated rings. The van der Waals surface area contributed by atoms with Crippen LogP contribution in [-0.4, -0.2) is 8.42 Å². The molecule has 0 spiro atoms. The summed E-state index contributed by atoms with van der Waals surface area (Å²) in [6.45, 7) is -0.579. The van der Waals surface area contributed by atoms with E-state index in [9.17, 15) is 26.0 Å². The third-order valence-electron chi connectivity index (χ3n) is 2.95. The Balaban J connectivity index is 2.21. The Bertz CT molecular complexity index is 805. The number of hydrogen-bond donors (Lipinski definition) is 1. The second-order valence-corrected chi connectivity index (χ2v) is 7.60. The second-order valence-electron chi connectivity index (χ2n) is 4.58. The first-order chi connectivity index (χ1) is 10.6. The fraction of sp³-hybridized carbons (Fsp3) is 0.143. The standard InChI is InChI=1S/C14H10F4INO2S/c15-13-6-1-10(14(16,17)18)7-9(13)8-20-23(21,22)12-4-2-11(19)3-5-12/h1-7,20H,8H2. The molecule has 0 aliphatic heterocycles. The van der Waals surface area contributed by atoms with Gasteiger partial charge in [-0.05, 0) is 65.1 Å². The highest BCUT2D eigenvalue weighted by Gasteiger charge is 2.31. The van der Waals surface area contributed by atoms with E-state index < -0.39 is 34.1 Å². The van der Waals surface area contributed by atoms with E-state index in [4.69, 9.17) is 0 Å². The Labute approximate surface area is 143 Å². The molecule has 0 aliphatic rings. The molecule has 2 aromatic carbocycles. The van der Waals surface area contributed by atoms with Crippen molar-refractivity contribution in [2.24, 2.45) is 0 Å². The van der Waals surface area contributed by atoms with Crippen LogP contribution in [0.3, 0.4) is 0 Å². The van der Waals surface area contributed by atoms with E-state index in [-0.39, 0.29) is 10.5 Å². The molecule has 9 heteroatoms. The van der Waals surface area contributed by atoms with Crippen LogP contribution < -0.4 is 4.72 Å². The molecule has 124 valence electrons. The molecular formula is C14H10F4INO2S. The van der Waals surface area contributed by atoms with Gasteiger partial charge in [0.2, 0.25) is 10.0 Å². The first kappa shape index (κ1) is 18.1. The van der Waals surface area contributed by atoms with Gasteiger partial charge in [0.1, 0.15) is 5.82 Å². The van der Waals surface area contributed by atoms with Gasteiger partial charge in [0, 0.05) is 15.7 Å². The zero-order valence-corrected chi connectivity index (χ0v) is 14.3. The first-order valence-electron chi connectivity index (χ1n) is 6.20. The molecule has 2 aromatic rings. The molecule has 0 heterocycles. The highest BCUT2D eigenvalue weighted by molar-refractivity contribution is 14.1. The van der Waals surface area contributed by atoms with Crippen LogP contribution >= 0.6 is 22.6 Å². The molecule has 2 rings (SSSR count). The highest BCUT2D eigenvalue weighted by atomic mass is 127. The summed E-state index contributed by atoms with van der Waals surface area (Å²) in [5, 5.41) is 0. The van der Waals surface area contributed by atoms with Gasteiger partial charge in [0.25, 0.3) is 0 Å². The van der Waals surface area contributed by atoms with Crippen molar-refractivity contribution in [3.05, 3.63) is 63.0 Å². The topological polar surface area (TPSA) is 46.2 Å². The lowest BCUT2D eigenvalue weighted by atomic mass is 10.1. The Hall–Kier alpha value is -1.20. The van der Waals surface area contributed by atoms with E-state index in [1.54, 1.807) is 12.1 Å².